The molecule has 0 radical (unpaired) electrons. The zero-order valence-electron chi connectivity index (χ0n) is 16.7. The molecule has 0 unspecified atom stereocenters. The van der Waals surface area contributed by atoms with E-state index in [1.807, 2.05) is 12.1 Å². The van der Waals surface area contributed by atoms with Crippen LogP contribution in [-0.4, -0.2) is 48.3 Å². The second kappa shape index (κ2) is 8.68. The number of aliphatic hydroxyl groups excluding tert-OH is 1. The summed E-state index contributed by atoms with van der Waals surface area (Å²) in [5.74, 6) is 6.61. The first-order chi connectivity index (χ1) is 13.7. The monoisotopic (exact) mass is 381 g/mol. The van der Waals surface area contributed by atoms with E-state index >= 15 is 0 Å². The molecule has 3 aliphatic heterocycles. The van der Waals surface area contributed by atoms with Crippen LogP contribution in [0.1, 0.15) is 62.5 Å². The number of aliphatic hydroxyl groups is 1. The minimum absolute atomic E-state index is 0.0218. The Hall–Kier alpha value is -1.83. The normalized spacial score (nSPS) is 28.2. The Kier molecular flexibility index (Phi) is 6.04. The summed E-state index contributed by atoms with van der Waals surface area (Å²) in [6.45, 7) is 3.28. The van der Waals surface area contributed by atoms with Crippen molar-refractivity contribution in [3.05, 3.63) is 35.4 Å². The van der Waals surface area contributed by atoms with Crippen molar-refractivity contribution in [2.45, 2.75) is 62.9 Å². The van der Waals surface area contributed by atoms with Gasteiger partial charge in [-0.3, -0.25) is 9.69 Å². The fourth-order valence-electron chi connectivity index (χ4n) is 5.18. The molecule has 150 valence electrons. The highest BCUT2D eigenvalue weighted by Crippen LogP contribution is 2.42. The van der Waals surface area contributed by atoms with E-state index in [1.165, 1.54) is 6.42 Å². The Labute approximate surface area is 168 Å². The van der Waals surface area contributed by atoms with Crippen molar-refractivity contribution in [3.8, 4) is 11.8 Å². The zero-order chi connectivity index (χ0) is 19.4. The third-order valence-electron chi connectivity index (χ3n) is 6.84. The van der Waals surface area contributed by atoms with E-state index in [4.69, 9.17) is 9.84 Å². The third-order valence-corrected chi connectivity index (χ3v) is 6.84. The Morgan fingerprint density at radius 1 is 1.21 bits per heavy atom. The summed E-state index contributed by atoms with van der Waals surface area (Å²) in [6, 6.07) is 8.10. The standard InChI is InChI=1S/C24H31NO3/c26-16-5-2-7-19-8-6-9-21(17-19)24(12-3-1-4-13-24)23(27)28-22-18-25-14-10-20(22)11-15-25/h6,8-9,17,20,22,26H,1,3-5,10-16,18H2/t22-/m0/s1. The van der Waals surface area contributed by atoms with E-state index in [-0.39, 0.29) is 18.7 Å². The Morgan fingerprint density at radius 2 is 2.00 bits per heavy atom. The van der Waals surface area contributed by atoms with Gasteiger partial charge in [0.1, 0.15) is 6.10 Å². The zero-order valence-corrected chi connectivity index (χ0v) is 16.7. The molecule has 1 aromatic rings. The van der Waals surface area contributed by atoms with Gasteiger partial charge in [0.25, 0.3) is 0 Å². The molecule has 0 spiro atoms. The smallest absolute Gasteiger partial charge is 0.316 e. The van der Waals surface area contributed by atoms with Gasteiger partial charge in [0.05, 0.1) is 12.0 Å². The van der Waals surface area contributed by atoms with Crippen molar-refractivity contribution in [2.24, 2.45) is 5.92 Å². The van der Waals surface area contributed by atoms with Crippen molar-refractivity contribution < 1.29 is 14.6 Å². The van der Waals surface area contributed by atoms with Crippen LogP contribution in [0.15, 0.2) is 24.3 Å². The number of piperidine rings is 3. The number of ether oxygens (including phenoxy) is 1. The quantitative estimate of drug-likeness (QED) is 0.642. The number of esters is 1. The summed E-state index contributed by atoms with van der Waals surface area (Å²) in [5, 5.41) is 8.95. The van der Waals surface area contributed by atoms with Gasteiger partial charge in [-0.25, -0.2) is 0 Å². The molecule has 3 saturated heterocycles. The molecule has 0 aromatic heterocycles. The molecule has 4 heteroatoms. The van der Waals surface area contributed by atoms with E-state index in [1.54, 1.807) is 0 Å². The third kappa shape index (κ3) is 3.97. The van der Waals surface area contributed by atoms with Gasteiger partial charge < -0.3 is 9.84 Å². The van der Waals surface area contributed by atoms with Crippen LogP contribution in [-0.2, 0) is 14.9 Å². The number of hydrogen-bond acceptors (Lipinski definition) is 4. The van der Waals surface area contributed by atoms with Gasteiger partial charge in [0.2, 0.25) is 0 Å². The summed E-state index contributed by atoms with van der Waals surface area (Å²) < 4.78 is 6.21. The predicted molar refractivity (Wildman–Crippen MR) is 109 cm³/mol. The molecule has 4 fully saturated rings. The molecule has 28 heavy (non-hydrogen) atoms. The molecule has 1 atom stereocenters. The number of rotatable bonds is 4. The molecule has 4 nitrogen and oxygen atoms in total. The van der Waals surface area contributed by atoms with Crippen LogP contribution in [0.3, 0.4) is 0 Å². The van der Waals surface area contributed by atoms with Crippen LogP contribution in [0.2, 0.25) is 0 Å². The minimum Gasteiger partial charge on any atom is -0.460 e. The van der Waals surface area contributed by atoms with Gasteiger partial charge >= 0.3 is 5.97 Å². The molecular formula is C24H31NO3. The Morgan fingerprint density at radius 3 is 2.68 bits per heavy atom. The maximum Gasteiger partial charge on any atom is 0.316 e. The lowest BCUT2D eigenvalue weighted by atomic mass is 9.69. The maximum absolute atomic E-state index is 13.5. The second-order valence-corrected chi connectivity index (χ2v) is 8.58. The lowest BCUT2D eigenvalue weighted by Gasteiger charge is -2.45. The van der Waals surface area contributed by atoms with Gasteiger partial charge in [-0.2, -0.15) is 0 Å². The lowest BCUT2D eigenvalue weighted by molar-refractivity contribution is -0.167. The number of carbonyl (C=O) groups is 1. The molecular weight excluding hydrogens is 350 g/mol. The Bertz CT molecular complexity index is 749. The number of benzene rings is 1. The van der Waals surface area contributed by atoms with Crippen molar-refractivity contribution in [1.29, 1.82) is 0 Å². The first kappa shape index (κ1) is 19.5. The van der Waals surface area contributed by atoms with Crippen molar-refractivity contribution in [2.75, 3.05) is 26.2 Å². The van der Waals surface area contributed by atoms with E-state index < -0.39 is 5.41 Å². The molecule has 5 rings (SSSR count). The van der Waals surface area contributed by atoms with Crippen LogP contribution in [0.25, 0.3) is 0 Å². The highest BCUT2D eigenvalue weighted by molar-refractivity contribution is 5.83. The average molecular weight is 382 g/mol. The summed E-state index contributed by atoms with van der Waals surface area (Å²) in [7, 11) is 0. The summed E-state index contributed by atoms with van der Waals surface area (Å²) in [6.07, 6.45) is 7.87. The van der Waals surface area contributed by atoms with E-state index in [0.717, 1.165) is 69.3 Å². The SMILES string of the molecule is O=C(O[C@H]1CN2CCC1CC2)C1(c2cccc(C#CCCO)c2)CCCCC1. The summed E-state index contributed by atoms with van der Waals surface area (Å²) in [4.78, 5) is 16.0. The van der Waals surface area contributed by atoms with Gasteiger partial charge in [-0.1, -0.05) is 43.2 Å². The number of fused-ring (bicyclic) bond motifs is 3. The molecule has 1 aromatic carbocycles. The van der Waals surface area contributed by atoms with Crippen LogP contribution in [0, 0.1) is 17.8 Å². The molecule has 1 aliphatic carbocycles. The van der Waals surface area contributed by atoms with Gasteiger partial charge in [0, 0.05) is 18.5 Å². The predicted octanol–water partition coefficient (Wildman–Crippen LogP) is 3.26. The van der Waals surface area contributed by atoms with E-state index in [9.17, 15) is 4.79 Å². The maximum atomic E-state index is 13.5. The molecule has 0 amide bonds. The minimum atomic E-state index is -0.529. The molecule has 2 bridgehead atoms. The van der Waals surface area contributed by atoms with Crippen LogP contribution >= 0.6 is 0 Å². The highest BCUT2D eigenvalue weighted by Gasteiger charge is 2.45. The topological polar surface area (TPSA) is 49.8 Å². The van der Waals surface area contributed by atoms with E-state index in [0.29, 0.717) is 12.3 Å². The lowest BCUT2D eigenvalue weighted by Crippen LogP contribution is -2.53. The highest BCUT2D eigenvalue weighted by atomic mass is 16.5. The van der Waals surface area contributed by atoms with Crippen LogP contribution in [0.5, 0.6) is 0 Å². The number of carbonyl (C=O) groups excluding carboxylic acids is 1. The van der Waals surface area contributed by atoms with E-state index in [2.05, 4.69) is 28.9 Å². The largest absolute Gasteiger partial charge is 0.460 e. The number of hydrogen-bond donors (Lipinski definition) is 1. The molecule has 3 heterocycles. The fraction of sp³-hybridized carbons (Fsp3) is 0.625. The van der Waals surface area contributed by atoms with Crippen LogP contribution < -0.4 is 0 Å². The van der Waals surface area contributed by atoms with Crippen LogP contribution in [0.4, 0.5) is 0 Å². The van der Waals surface area contributed by atoms with Crippen molar-refractivity contribution >= 4 is 5.97 Å². The summed E-state index contributed by atoms with van der Waals surface area (Å²) >= 11 is 0. The molecule has 1 N–H and O–H groups in total. The first-order valence-electron chi connectivity index (χ1n) is 10.8. The number of nitrogens with zero attached hydrogens (tertiary/aromatic N) is 1. The molecule has 4 aliphatic rings. The van der Waals surface area contributed by atoms with Crippen molar-refractivity contribution in [1.82, 2.24) is 4.90 Å². The molecule has 1 saturated carbocycles. The average Bonchev–Trinajstić information content (AvgIpc) is 2.75. The fourth-order valence-corrected chi connectivity index (χ4v) is 5.18. The summed E-state index contributed by atoms with van der Waals surface area (Å²) in [5.41, 5.74) is 1.43. The van der Waals surface area contributed by atoms with Crippen molar-refractivity contribution in [3.63, 3.8) is 0 Å². The van der Waals surface area contributed by atoms with Gasteiger partial charge in [-0.15, -0.1) is 0 Å². The van der Waals surface area contributed by atoms with Gasteiger partial charge in [0.15, 0.2) is 0 Å². The van der Waals surface area contributed by atoms with Gasteiger partial charge in [-0.05, 0) is 62.4 Å². The second-order valence-electron chi connectivity index (χ2n) is 8.58. The Balaban J connectivity index is 1.57. The first-order valence-corrected chi connectivity index (χ1v) is 10.8.